The van der Waals surface area contributed by atoms with E-state index in [9.17, 15) is 72.8 Å². The maximum Gasteiger partial charge on any atom is 0.326 e. The van der Waals surface area contributed by atoms with Crippen LogP contribution < -0.4 is 31.9 Å². The monoisotopic (exact) mass is 963 g/mol. The van der Waals surface area contributed by atoms with Crippen LogP contribution in [0.25, 0.3) is 5.69 Å². The average Bonchev–Trinajstić information content (AvgIpc) is 3.77. The number of carboxylic acids is 6. The number of urea groups is 2. The van der Waals surface area contributed by atoms with Gasteiger partial charge in [0, 0.05) is 48.2 Å². The van der Waals surface area contributed by atoms with Gasteiger partial charge >= 0.3 is 47.9 Å². The fourth-order valence-electron chi connectivity index (χ4n) is 6.29. The second-order valence-electron chi connectivity index (χ2n) is 15.1. The molecule has 6 amide bonds. The van der Waals surface area contributed by atoms with Gasteiger partial charge in [-0.15, -0.1) is 5.10 Å². The van der Waals surface area contributed by atoms with Crippen LogP contribution in [-0.4, -0.2) is 136 Å². The number of halogens is 1. The minimum Gasteiger partial charge on any atom is -0.481 e. The van der Waals surface area contributed by atoms with Crippen molar-refractivity contribution in [2.24, 2.45) is 0 Å². The molecule has 25 nitrogen and oxygen atoms in total. The maximum absolute atomic E-state index is 13.7. The summed E-state index contributed by atoms with van der Waals surface area (Å²) in [6.45, 7) is -0.601. The van der Waals surface area contributed by atoms with Crippen molar-refractivity contribution in [3.8, 4) is 5.69 Å². The molecule has 69 heavy (non-hydrogen) atoms. The van der Waals surface area contributed by atoms with Crippen molar-refractivity contribution < 1.29 is 83.0 Å². The summed E-state index contributed by atoms with van der Waals surface area (Å²) in [5.41, 5.74) is 1.72. The molecule has 0 aliphatic heterocycles. The second kappa shape index (κ2) is 25.1. The third kappa shape index (κ3) is 17.1. The number of rotatable bonds is 26. The smallest absolute Gasteiger partial charge is 0.326 e. The molecule has 0 fully saturated rings. The minimum atomic E-state index is -1.60. The highest BCUT2D eigenvalue weighted by Gasteiger charge is 2.27. The third-order valence-electron chi connectivity index (χ3n) is 9.82. The van der Waals surface area contributed by atoms with E-state index < -0.39 is 116 Å². The first-order valence-electron chi connectivity index (χ1n) is 20.6. The highest BCUT2D eigenvalue weighted by atomic mass is 19.1. The van der Waals surface area contributed by atoms with E-state index in [2.05, 4.69) is 31.6 Å². The molecule has 3 unspecified atom stereocenters. The number of alkyl halides is 1. The van der Waals surface area contributed by atoms with E-state index in [4.69, 9.17) is 10.2 Å². The van der Waals surface area contributed by atoms with E-state index in [0.29, 0.717) is 16.8 Å². The SMILES string of the molecule is O=C(O)CCC(NC(=O)NC(Cc1ccc(NC(=O)c2cc(C(=O)Nc3ccc(CC(NC(=O)N[C@@H](CCC(=O)O)C(=O)O)C(=O)O)cc3)cc(-n3cc(CCCF)nn3)c2)cc1)C(=O)O)C(=O)O. The zero-order valence-electron chi connectivity index (χ0n) is 36.1. The van der Waals surface area contributed by atoms with Crippen LogP contribution >= 0.6 is 0 Å². The van der Waals surface area contributed by atoms with Gasteiger partial charge < -0.3 is 62.5 Å². The van der Waals surface area contributed by atoms with Crippen molar-refractivity contribution in [2.45, 2.75) is 75.5 Å². The molecule has 0 aliphatic carbocycles. The Hall–Kier alpha value is -8.97. The Labute approximate surface area is 389 Å². The van der Waals surface area contributed by atoms with Gasteiger partial charge in [-0.3, -0.25) is 23.6 Å². The Morgan fingerprint density at radius 1 is 0.551 bits per heavy atom. The highest BCUT2D eigenvalue weighted by molar-refractivity contribution is 6.09. The largest absolute Gasteiger partial charge is 0.481 e. The number of carbonyl (C=O) groups is 10. The number of benzene rings is 3. The van der Waals surface area contributed by atoms with Crippen LogP contribution in [0, 0.1) is 0 Å². The van der Waals surface area contributed by atoms with Gasteiger partial charge in [-0.25, -0.2) is 33.4 Å². The molecule has 12 N–H and O–H groups in total. The molecule has 0 spiro atoms. The van der Waals surface area contributed by atoms with E-state index in [0.717, 1.165) is 0 Å². The van der Waals surface area contributed by atoms with Crippen LogP contribution in [0.2, 0.25) is 0 Å². The van der Waals surface area contributed by atoms with E-state index in [1.54, 1.807) is 0 Å². The standard InChI is InChI=1S/C43H46FN9O16/c44-15-1-2-28-21-53(52-51-28)29-19-24(36(58)45-26-7-3-22(4-8-26)16-32(40(64)65)49-42(68)47-30(38(60)61)11-13-34(54)55)18-25(20-29)37(59)46-27-9-5-23(6-10-27)17-33(41(66)67)50-43(69)48-31(39(62)63)12-14-35(56)57/h3-10,18-21,30-33H,1-2,11-17H2,(H,45,58)(H,46,59)(H,54,55)(H,56,57)(H,60,61)(H,62,63)(H,64,65)(H,66,67)(H2,47,49,68)(H2,48,50,69)/t30-,31?,32?,33?/m0/s1. The van der Waals surface area contributed by atoms with Gasteiger partial charge in [-0.1, -0.05) is 29.5 Å². The van der Waals surface area contributed by atoms with Crippen LogP contribution in [0.4, 0.5) is 25.4 Å². The van der Waals surface area contributed by atoms with Crippen molar-refractivity contribution >= 4 is 71.1 Å². The van der Waals surface area contributed by atoms with Crippen molar-refractivity contribution in [1.82, 2.24) is 36.3 Å². The number of aryl methyl sites for hydroxylation is 1. The summed E-state index contributed by atoms with van der Waals surface area (Å²) < 4.78 is 14.2. The minimum absolute atomic E-state index is 0.0464. The number of anilines is 2. The molecule has 0 aliphatic rings. The van der Waals surface area contributed by atoms with Gasteiger partial charge in [0.2, 0.25) is 0 Å². The lowest BCUT2D eigenvalue weighted by molar-refractivity contribution is -0.142. The number of aromatic nitrogens is 3. The second-order valence-corrected chi connectivity index (χ2v) is 15.1. The summed E-state index contributed by atoms with van der Waals surface area (Å²) in [5.74, 6) is -10.00. The van der Waals surface area contributed by atoms with Crippen molar-refractivity contribution in [3.05, 3.63) is 101 Å². The molecule has 4 atom stereocenters. The molecule has 4 aromatic rings. The molecule has 1 aromatic heterocycles. The quantitative estimate of drug-likeness (QED) is 0.0427. The number of nitrogens with zero attached hydrogens (tertiary/aromatic N) is 3. The molecular weight excluding hydrogens is 918 g/mol. The highest BCUT2D eigenvalue weighted by Crippen LogP contribution is 2.20. The average molecular weight is 964 g/mol. The first-order chi connectivity index (χ1) is 32.7. The molecular formula is C43H46FN9O16. The summed E-state index contributed by atoms with van der Waals surface area (Å²) in [4.78, 5) is 121. The topological polar surface area (TPSA) is 395 Å². The molecule has 4 rings (SSSR count). The summed E-state index contributed by atoms with van der Waals surface area (Å²) >= 11 is 0. The fourth-order valence-corrected chi connectivity index (χ4v) is 6.29. The first kappa shape index (κ1) is 52.7. The van der Waals surface area contributed by atoms with Crippen molar-refractivity contribution in [2.75, 3.05) is 17.3 Å². The zero-order valence-corrected chi connectivity index (χ0v) is 36.1. The lowest BCUT2D eigenvalue weighted by atomic mass is 10.0. The molecule has 366 valence electrons. The summed E-state index contributed by atoms with van der Waals surface area (Å²) in [6.07, 6.45) is -0.689. The number of nitrogens with one attached hydrogen (secondary N) is 6. The zero-order chi connectivity index (χ0) is 50.8. The van der Waals surface area contributed by atoms with Crippen LogP contribution in [0.3, 0.4) is 0 Å². The lowest BCUT2D eigenvalue weighted by Crippen LogP contribution is -2.51. The molecule has 1 heterocycles. The Balaban J connectivity index is 1.48. The number of hydrogen-bond donors (Lipinski definition) is 12. The predicted molar refractivity (Wildman–Crippen MR) is 235 cm³/mol. The maximum atomic E-state index is 13.7. The van der Waals surface area contributed by atoms with Crippen molar-refractivity contribution in [1.29, 1.82) is 0 Å². The number of amides is 6. The molecule has 3 aromatic carbocycles. The Bertz CT molecular complexity index is 2410. The van der Waals surface area contributed by atoms with E-state index in [1.807, 2.05) is 10.6 Å². The van der Waals surface area contributed by atoms with Crippen LogP contribution in [0.5, 0.6) is 0 Å². The van der Waals surface area contributed by atoms with Crippen LogP contribution in [-0.2, 0) is 48.0 Å². The van der Waals surface area contributed by atoms with E-state index in [1.165, 1.54) is 77.6 Å². The van der Waals surface area contributed by atoms with Gasteiger partial charge in [0.05, 0.1) is 24.3 Å². The first-order valence-corrected chi connectivity index (χ1v) is 20.6. The fraction of sp³-hybridized carbons (Fsp3) is 0.302. The number of hydrogen-bond acceptors (Lipinski definition) is 12. The van der Waals surface area contributed by atoms with Gasteiger partial charge in [0.25, 0.3) is 11.8 Å². The predicted octanol–water partition coefficient (Wildman–Crippen LogP) is 1.90. The van der Waals surface area contributed by atoms with Crippen LogP contribution in [0.1, 0.15) is 69.6 Å². The lowest BCUT2D eigenvalue weighted by Gasteiger charge is -2.18. The van der Waals surface area contributed by atoms with Gasteiger partial charge in [0.1, 0.15) is 24.2 Å². The van der Waals surface area contributed by atoms with Gasteiger partial charge in [-0.2, -0.15) is 0 Å². The van der Waals surface area contributed by atoms with Crippen LogP contribution in [0.15, 0.2) is 72.9 Å². The normalized spacial score (nSPS) is 12.5. The van der Waals surface area contributed by atoms with E-state index >= 15 is 0 Å². The Kier molecular flexibility index (Phi) is 19.1. The number of carboxylic acid groups (broad SMARTS) is 6. The van der Waals surface area contributed by atoms with E-state index in [-0.39, 0.29) is 53.9 Å². The molecule has 0 bridgehead atoms. The Morgan fingerprint density at radius 2 is 0.942 bits per heavy atom. The number of aliphatic carboxylic acids is 6. The summed E-state index contributed by atoms with van der Waals surface area (Å²) in [6, 6.07) is 6.97. The van der Waals surface area contributed by atoms with Gasteiger partial charge in [-0.05, 0) is 79.3 Å². The molecule has 0 saturated heterocycles. The third-order valence-corrected chi connectivity index (χ3v) is 9.82. The number of carbonyl (C=O) groups excluding carboxylic acids is 4. The summed E-state index contributed by atoms with van der Waals surface area (Å²) in [5, 5.41) is 77.5. The molecule has 26 heteroatoms. The van der Waals surface area contributed by atoms with Crippen molar-refractivity contribution in [3.63, 3.8) is 0 Å². The Morgan fingerprint density at radius 3 is 1.30 bits per heavy atom. The van der Waals surface area contributed by atoms with Gasteiger partial charge in [0.15, 0.2) is 0 Å². The molecule has 0 saturated carbocycles. The summed E-state index contributed by atoms with van der Waals surface area (Å²) in [7, 11) is 0. The molecule has 0 radical (unpaired) electrons.